The molecule has 0 aromatic heterocycles. The van der Waals surface area contributed by atoms with Crippen LogP contribution in [0, 0.1) is 5.92 Å². The fraction of sp³-hybridized carbons (Fsp3) is 0.333. The van der Waals surface area contributed by atoms with Crippen LogP contribution in [0.3, 0.4) is 0 Å². The van der Waals surface area contributed by atoms with Gasteiger partial charge in [-0.3, -0.25) is 29.4 Å². The van der Waals surface area contributed by atoms with Gasteiger partial charge in [-0.1, -0.05) is 10.8 Å². The number of benzene rings is 1. The van der Waals surface area contributed by atoms with E-state index in [9.17, 15) is 31.5 Å². The van der Waals surface area contributed by atoms with Crippen molar-refractivity contribution in [2.75, 3.05) is 0 Å². The lowest BCUT2D eigenvalue weighted by Crippen LogP contribution is -2.66. The summed E-state index contributed by atoms with van der Waals surface area (Å²) in [6.07, 6.45) is 0.532. The first-order valence-electron chi connectivity index (χ1n) is 7.50. The molecular formula is C15H13FN2O7S. The standard InChI is InChI=1S/C15H13FN2O7S/c1-8-5-15(6-8,14(22)17-7-19)18-12(20)10-3-2-9(25-26(16,23)24)4-11(10)13(18)21/h2-4,7-8H,5-6H2,1H3,(H,17,19,22). The van der Waals surface area contributed by atoms with Crippen molar-refractivity contribution in [3.63, 3.8) is 0 Å². The number of hydrogen-bond acceptors (Lipinski definition) is 7. The number of hydrogen-bond donors (Lipinski definition) is 1. The molecule has 0 saturated heterocycles. The second kappa shape index (κ2) is 5.87. The molecule has 0 spiro atoms. The van der Waals surface area contributed by atoms with Crippen molar-refractivity contribution in [2.45, 2.75) is 25.3 Å². The molecule has 9 nitrogen and oxygen atoms in total. The maximum Gasteiger partial charge on any atom is 0.488 e. The molecule has 1 aliphatic heterocycles. The molecule has 2 aliphatic rings. The molecule has 3 rings (SSSR count). The molecule has 0 atom stereocenters. The van der Waals surface area contributed by atoms with E-state index >= 15 is 0 Å². The molecule has 4 amide bonds. The Labute approximate surface area is 147 Å². The van der Waals surface area contributed by atoms with E-state index in [1.807, 2.05) is 12.2 Å². The summed E-state index contributed by atoms with van der Waals surface area (Å²) in [4.78, 5) is 49.1. The Balaban J connectivity index is 2.00. The van der Waals surface area contributed by atoms with Gasteiger partial charge < -0.3 is 4.18 Å². The normalized spacial score (nSPS) is 24.7. The number of imide groups is 2. The van der Waals surface area contributed by atoms with Crippen LogP contribution in [0.4, 0.5) is 3.89 Å². The largest absolute Gasteiger partial charge is 0.488 e. The van der Waals surface area contributed by atoms with Crippen LogP contribution < -0.4 is 9.50 Å². The summed E-state index contributed by atoms with van der Waals surface area (Å²) in [5, 5.41) is 1.98. The second-order valence-electron chi connectivity index (χ2n) is 6.27. The molecule has 1 aromatic rings. The van der Waals surface area contributed by atoms with E-state index in [4.69, 9.17) is 0 Å². The number of fused-ring (bicyclic) bond motifs is 1. The number of amides is 4. The fourth-order valence-corrected chi connectivity index (χ4v) is 3.86. The Morgan fingerprint density at radius 3 is 2.46 bits per heavy atom. The summed E-state index contributed by atoms with van der Waals surface area (Å²) in [6.45, 7) is 1.82. The predicted octanol–water partition coefficient (Wildman–Crippen LogP) is 0.317. The van der Waals surface area contributed by atoms with Crippen LogP contribution in [-0.4, -0.2) is 43.0 Å². The van der Waals surface area contributed by atoms with Crippen molar-refractivity contribution >= 4 is 34.6 Å². The highest BCUT2D eigenvalue weighted by Gasteiger charge is 2.59. The first kappa shape index (κ1) is 18.0. The summed E-state index contributed by atoms with van der Waals surface area (Å²) >= 11 is 0. The van der Waals surface area contributed by atoms with Gasteiger partial charge in [0.1, 0.15) is 11.3 Å². The van der Waals surface area contributed by atoms with Gasteiger partial charge in [0.05, 0.1) is 11.1 Å². The minimum absolute atomic E-state index is 0.0484. The first-order chi connectivity index (χ1) is 12.1. The summed E-state index contributed by atoms with van der Waals surface area (Å²) in [5.74, 6) is -2.81. The van der Waals surface area contributed by atoms with E-state index in [-0.39, 0.29) is 36.3 Å². The lowest BCUT2D eigenvalue weighted by molar-refractivity contribution is -0.140. The zero-order valence-corrected chi connectivity index (χ0v) is 14.2. The Kier molecular flexibility index (Phi) is 4.06. The molecule has 1 aromatic carbocycles. The van der Waals surface area contributed by atoms with Gasteiger partial charge in [-0.15, -0.1) is 0 Å². The van der Waals surface area contributed by atoms with Crippen molar-refractivity contribution in [2.24, 2.45) is 5.92 Å². The van der Waals surface area contributed by atoms with Gasteiger partial charge in [0.25, 0.3) is 17.7 Å². The number of nitrogens with one attached hydrogen (secondary N) is 1. The lowest BCUT2D eigenvalue weighted by Gasteiger charge is -2.48. The van der Waals surface area contributed by atoms with E-state index in [1.54, 1.807) is 0 Å². The van der Waals surface area contributed by atoms with E-state index in [2.05, 4.69) is 4.18 Å². The molecule has 0 bridgehead atoms. The summed E-state index contributed by atoms with van der Waals surface area (Å²) in [5.41, 5.74) is -1.79. The van der Waals surface area contributed by atoms with Gasteiger partial charge >= 0.3 is 10.5 Å². The highest BCUT2D eigenvalue weighted by molar-refractivity contribution is 7.81. The number of nitrogens with zero attached hydrogens (tertiary/aromatic N) is 1. The quantitative estimate of drug-likeness (QED) is 0.440. The highest BCUT2D eigenvalue weighted by atomic mass is 32.3. The Bertz CT molecular complexity index is 937. The molecule has 1 heterocycles. The molecule has 138 valence electrons. The smallest absolute Gasteiger partial charge is 0.358 e. The molecule has 1 N–H and O–H groups in total. The molecule has 1 saturated carbocycles. The average molecular weight is 384 g/mol. The predicted molar refractivity (Wildman–Crippen MR) is 82.9 cm³/mol. The van der Waals surface area contributed by atoms with Crippen LogP contribution in [0.25, 0.3) is 0 Å². The van der Waals surface area contributed by atoms with Gasteiger partial charge in [0, 0.05) is 0 Å². The van der Waals surface area contributed by atoms with Crippen LogP contribution in [0.5, 0.6) is 5.75 Å². The maximum atomic E-state index is 12.7. The zero-order valence-electron chi connectivity index (χ0n) is 13.4. The molecule has 26 heavy (non-hydrogen) atoms. The molecule has 11 heteroatoms. The number of carbonyl (C=O) groups excluding carboxylic acids is 4. The highest BCUT2D eigenvalue weighted by Crippen LogP contribution is 2.46. The SMILES string of the molecule is CC1CC(C(=O)NC=O)(N2C(=O)c3ccc(OS(=O)(=O)F)cc3C2=O)C1. The summed E-state index contributed by atoms with van der Waals surface area (Å²) in [6, 6.07) is 3.05. The fourth-order valence-electron chi connectivity index (χ4n) is 3.53. The molecule has 1 fully saturated rings. The van der Waals surface area contributed by atoms with Crippen LogP contribution in [0.2, 0.25) is 0 Å². The zero-order chi connectivity index (χ0) is 19.3. The first-order valence-corrected chi connectivity index (χ1v) is 8.81. The minimum Gasteiger partial charge on any atom is -0.358 e. The van der Waals surface area contributed by atoms with Crippen molar-refractivity contribution in [3.8, 4) is 5.75 Å². The van der Waals surface area contributed by atoms with Crippen molar-refractivity contribution in [1.82, 2.24) is 10.2 Å². The minimum atomic E-state index is -5.30. The van der Waals surface area contributed by atoms with Crippen LogP contribution in [0.1, 0.15) is 40.5 Å². The number of halogens is 1. The Morgan fingerprint density at radius 1 is 1.31 bits per heavy atom. The van der Waals surface area contributed by atoms with E-state index in [0.29, 0.717) is 0 Å². The number of carbonyl (C=O) groups is 4. The van der Waals surface area contributed by atoms with Crippen LogP contribution >= 0.6 is 0 Å². The van der Waals surface area contributed by atoms with Gasteiger partial charge in [-0.05, 0) is 37.0 Å². The van der Waals surface area contributed by atoms with Crippen LogP contribution in [-0.2, 0) is 20.1 Å². The van der Waals surface area contributed by atoms with Crippen molar-refractivity contribution in [1.29, 1.82) is 0 Å². The third kappa shape index (κ3) is 2.73. The topological polar surface area (TPSA) is 127 Å². The lowest BCUT2D eigenvalue weighted by atomic mass is 9.67. The number of rotatable bonds is 5. The van der Waals surface area contributed by atoms with Gasteiger partial charge in [0.15, 0.2) is 0 Å². The van der Waals surface area contributed by atoms with Gasteiger partial charge in [0.2, 0.25) is 6.41 Å². The third-order valence-electron chi connectivity index (χ3n) is 4.47. The second-order valence-corrected chi connectivity index (χ2v) is 7.22. The molecular weight excluding hydrogens is 371 g/mol. The molecule has 0 radical (unpaired) electrons. The summed E-state index contributed by atoms with van der Waals surface area (Å²) < 4.78 is 37.9. The monoisotopic (exact) mass is 384 g/mol. The van der Waals surface area contributed by atoms with E-state index in [0.717, 1.165) is 23.1 Å². The maximum absolute atomic E-state index is 12.7. The summed E-state index contributed by atoms with van der Waals surface area (Å²) in [7, 11) is -5.30. The van der Waals surface area contributed by atoms with Crippen LogP contribution in [0.15, 0.2) is 18.2 Å². The molecule has 0 unspecified atom stereocenters. The Hall–Kier alpha value is -2.82. The van der Waals surface area contributed by atoms with Crippen molar-refractivity contribution < 1.29 is 35.7 Å². The molecule has 1 aliphatic carbocycles. The van der Waals surface area contributed by atoms with Crippen molar-refractivity contribution in [3.05, 3.63) is 29.3 Å². The van der Waals surface area contributed by atoms with Gasteiger partial charge in [-0.25, -0.2) is 0 Å². The van der Waals surface area contributed by atoms with E-state index < -0.39 is 39.5 Å². The average Bonchev–Trinajstić information content (AvgIpc) is 2.74. The third-order valence-corrected chi connectivity index (χ3v) is 4.86. The Morgan fingerprint density at radius 2 is 1.92 bits per heavy atom. The van der Waals surface area contributed by atoms with Gasteiger partial charge in [-0.2, -0.15) is 8.42 Å². The van der Waals surface area contributed by atoms with E-state index in [1.165, 1.54) is 0 Å².